The van der Waals surface area contributed by atoms with E-state index in [9.17, 15) is 13.2 Å². The van der Waals surface area contributed by atoms with Gasteiger partial charge in [0.2, 0.25) is 5.91 Å². The maximum absolute atomic E-state index is 12.7. The van der Waals surface area contributed by atoms with Crippen LogP contribution in [0.15, 0.2) is 70.2 Å². The fourth-order valence-corrected chi connectivity index (χ4v) is 4.14. The number of carbonyl (C=O) groups is 1. The van der Waals surface area contributed by atoms with Crippen molar-refractivity contribution in [1.82, 2.24) is 0 Å². The van der Waals surface area contributed by atoms with Gasteiger partial charge < -0.3 is 19.2 Å². The van der Waals surface area contributed by atoms with E-state index in [1.807, 2.05) is 6.07 Å². The van der Waals surface area contributed by atoms with Crippen molar-refractivity contribution < 1.29 is 27.1 Å². The summed E-state index contributed by atoms with van der Waals surface area (Å²) in [5.74, 6) is 1.53. The number of carbonyl (C=O) groups excluding carboxylic acids is 1. The molecule has 0 fully saturated rings. The van der Waals surface area contributed by atoms with Gasteiger partial charge in [0.25, 0.3) is 10.0 Å². The number of fused-ring (bicyclic) bond motifs is 1. The SMILES string of the molecule is O=C(CCc1ccco1)Nc1ccc(NS(=O)(=O)c2ccc3c(c2)OCCCO3)cc1. The number of aryl methyl sites for hydroxylation is 1. The van der Waals surface area contributed by atoms with E-state index >= 15 is 0 Å². The molecule has 9 heteroatoms. The van der Waals surface area contributed by atoms with E-state index in [2.05, 4.69) is 10.0 Å². The van der Waals surface area contributed by atoms with Crippen molar-refractivity contribution in [3.63, 3.8) is 0 Å². The van der Waals surface area contributed by atoms with Crippen LogP contribution in [0.3, 0.4) is 0 Å². The highest BCUT2D eigenvalue weighted by Gasteiger charge is 2.19. The van der Waals surface area contributed by atoms with Crippen LogP contribution in [-0.2, 0) is 21.2 Å². The molecule has 1 aliphatic heterocycles. The van der Waals surface area contributed by atoms with E-state index in [4.69, 9.17) is 13.9 Å². The van der Waals surface area contributed by atoms with Crippen LogP contribution in [0.1, 0.15) is 18.6 Å². The number of benzene rings is 2. The number of amides is 1. The standard InChI is InChI=1S/C22H22N2O6S/c25-22(11-8-18-3-1-12-28-18)23-16-4-6-17(7-5-16)24-31(26,27)19-9-10-20-21(15-19)30-14-2-13-29-20/h1,3-7,9-10,12,15,24H,2,8,11,13-14H2,(H,23,25). The second-order valence-electron chi connectivity index (χ2n) is 6.97. The second kappa shape index (κ2) is 9.13. The van der Waals surface area contributed by atoms with Crippen LogP contribution in [0.25, 0.3) is 0 Å². The molecule has 3 aromatic rings. The molecule has 0 spiro atoms. The maximum atomic E-state index is 12.7. The molecule has 2 heterocycles. The zero-order valence-electron chi connectivity index (χ0n) is 16.7. The van der Waals surface area contributed by atoms with Crippen LogP contribution in [-0.4, -0.2) is 27.5 Å². The lowest BCUT2D eigenvalue weighted by molar-refractivity contribution is -0.116. The van der Waals surface area contributed by atoms with Gasteiger partial charge in [-0.25, -0.2) is 8.42 Å². The molecule has 1 amide bonds. The smallest absolute Gasteiger partial charge is 0.262 e. The van der Waals surface area contributed by atoms with E-state index < -0.39 is 10.0 Å². The summed E-state index contributed by atoms with van der Waals surface area (Å²) in [4.78, 5) is 12.1. The number of hydrogen-bond donors (Lipinski definition) is 2. The van der Waals surface area contributed by atoms with Gasteiger partial charge >= 0.3 is 0 Å². The number of furan rings is 1. The highest BCUT2D eigenvalue weighted by atomic mass is 32.2. The normalized spacial score (nSPS) is 13.3. The van der Waals surface area contributed by atoms with Gasteiger partial charge in [0, 0.05) is 36.7 Å². The third kappa shape index (κ3) is 5.37. The Labute approximate surface area is 180 Å². The number of nitrogens with one attached hydrogen (secondary N) is 2. The lowest BCUT2D eigenvalue weighted by Gasteiger charge is -2.12. The molecule has 0 aliphatic carbocycles. The molecule has 162 valence electrons. The van der Waals surface area contributed by atoms with Crippen molar-refractivity contribution >= 4 is 27.3 Å². The first kappa shape index (κ1) is 20.8. The van der Waals surface area contributed by atoms with Crippen LogP contribution in [0.2, 0.25) is 0 Å². The van der Waals surface area contributed by atoms with Crippen LogP contribution in [0, 0.1) is 0 Å². The lowest BCUT2D eigenvalue weighted by Crippen LogP contribution is -2.14. The van der Waals surface area contributed by atoms with Gasteiger partial charge in [0.15, 0.2) is 11.5 Å². The zero-order chi connectivity index (χ0) is 21.7. The predicted octanol–water partition coefficient (Wildman–Crippen LogP) is 3.81. The summed E-state index contributed by atoms with van der Waals surface area (Å²) < 4.78 is 44.3. The molecule has 0 saturated heterocycles. The first-order chi connectivity index (χ1) is 15.0. The molecular formula is C22H22N2O6S. The molecule has 0 atom stereocenters. The summed E-state index contributed by atoms with van der Waals surface area (Å²) >= 11 is 0. The third-order valence-corrected chi connectivity index (χ3v) is 6.01. The summed E-state index contributed by atoms with van der Waals surface area (Å²) in [7, 11) is -3.81. The Bertz CT molecular complexity index is 1140. The van der Waals surface area contributed by atoms with E-state index in [1.54, 1.807) is 42.7 Å². The summed E-state index contributed by atoms with van der Waals surface area (Å²) in [5, 5.41) is 2.78. The minimum Gasteiger partial charge on any atom is -0.490 e. The summed E-state index contributed by atoms with van der Waals surface area (Å²) in [5.41, 5.74) is 0.948. The van der Waals surface area contributed by atoms with Gasteiger partial charge in [-0.15, -0.1) is 0 Å². The molecule has 1 aromatic heterocycles. The number of ether oxygens (including phenoxy) is 2. The van der Waals surface area contributed by atoms with E-state index in [1.165, 1.54) is 12.1 Å². The Hall–Kier alpha value is -3.46. The number of rotatable bonds is 7. The van der Waals surface area contributed by atoms with E-state index in [-0.39, 0.29) is 17.2 Å². The summed E-state index contributed by atoms with van der Waals surface area (Å²) in [6, 6.07) is 14.6. The van der Waals surface area contributed by atoms with Crippen LogP contribution in [0.5, 0.6) is 11.5 Å². The largest absolute Gasteiger partial charge is 0.490 e. The molecule has 31 heavy (non-hydrogen) atoms. The van der Waals surface area contributed by atoms with Crippen molar-refractivity contribution in [2.45, 2.75) is 24.2 Å². The Kier molecular flexibility index (Phi) is 6.13. The monoisotopic (exact) mass is 442 g/mol. The molecule has 2 N–H and O–H groups in total. The minimum atomic E-state index is -3.81. The van der Waals surface area contributed by atoms with Crippen molar-refractivity contribution in [1.29, 1.82) is 0 Å². The molecule has 0 unspecified atom stereocenters. The lowest BCUT2D eigenvalue weighted by atomic mass is 10.2. The fourth-order valence-electron chi connectivity index (χ4n) is 3.06. The summed E-state index contributed by atoms with van der Waals surface area (Å²) in [6.07, 6.45) is 3.10. The Morgan fingerprint density at radius 3 is 2.42 bits per heavy atom. The van der Waals surface area contributed by atoms with Gasteiger partial charge in [0.1, 0.15) is 5.76 Å². The molecular weight excluding hydrogens is 420 g/mol. The Morgan fingerprint density at radius 1 is 0.935 bits per heavy atom. The van der Waals surface area contributed by atoms with Gasteiger partial charge in [-0.3, -0.25) is 9.52 Å². The fraction of sp³-hybridized carbons (Fsp3) is 0.227. The van der Waals surface area contributed by atoms with Crippen molar-refractivity contribution in [3.8, 4) is 11.5 Å². The first-order valence-corrected chi connectivity index (χ1v) is 11.3. The Morgan fingerprint density at radius 2 is 1.68 bits per heavy atom. The maximum Gasteiger partial charge on any atom is 0.262 e. The number of anilines is 2. The molecule has 0 saturated carbocycles. The van der Waals surface area contributed by atoms with Gasteiger partial charge in [-0.1, -0.05) is 0 Å². The molecule has 0 bridgehead atoms. The predicted molar refractivity (Wildman–Crippen MR) is 115 cm³/mol. The topological polar surface area (TPSA) is 107 Å². The third-order valence-electron chi connectivity index (χ3n) is 4.63. The average molecular weight is 442 g/mol. The first-order valence-electron chi connectivity index (χ1n) is 9.84. The van der Waals surface area contributed by atoms with Crippen LogP contribution in [0.4, 0.5) is 11.4 Å². The molecule has 2 aromatic carbocycles. The van der Waals surface area contributed by atoms with E-state index in [0.29, 0.717) is 42.5 Å². The van der Waals surface area contributed by atoms with Gasteiger partial charge in [0.05, 0.1) is 24.4 Å². The molecule has 4 rings (SSSR count). The highest BCUT2D eigenvalue weighted by molar-refractivity contribution is 7.92. The number of sulfonamides is 1. The minimum absolute atomic E-state index is 0.0760. The van der Waals surface area contributed by atoms with Gasteiger partial charge in [-0.05, 0) is 48.5 Å². The molecule has 0 radical (unpaired) electrons. The van der Waals surface area contributed by atoms with E-state index in [0.717, 1.165) is 12.2 Å². The van der Waals surface area contributed by atoms with Crippen molar-refractivity contribution in [2.24, 2.45) is 0 Å². The van der Waals surface area contributed by atoms with Crippen molar-refractivity contribution in [3.05, 3.63) is 66.6 Å². The summed E-state index contributed by atoms with van der Waals surface area (Å²) in [6.45, 7) is 1.00. The second-order valence-corrected chi connectivity index (χ2v) is 8.65. The highest BCUT2D eigenvalue weighted by Crippen LogP contribution is 2.32. The van der Waals surface area contributed by atoms with Crippen LogP contribution < -0.4 is 19.5 Å². The number of hydrogen-bond acceptors (Lipinski definition) is 6. The Balaban J connectivity index is 1.37. The average Bonchev–Trinajstić information content (AvgIpc) is 3.17. The quantitative estimate of drug-likeness (QED) is 0.576. The molecule has 1 aliphatic rings. The molecule has 8 nitrogen and oxygen atoms in total. The zero-order valence-corrected chi connectivity index (χ0v) is 17.5. The van der Waals surface area contributed by atoms with Gasteiger partial charge in [-0.2, -0.15) is 0 Å². The van der Waals surface area contributed by atoms with Crippen molar-refractivity contribution in [2.75, 3.05) is 23.3 Å². The van der Waals surface area contributed by atoms with Crippen LogP contribution >= 0.6 is 0 Å².